The number of hydrogen-bond acceptors (Lipinski definition) is 10. The second-order valence-corrected chi connectivity index (χ2v) is 11.9. The van der Waals surface area contributed by atoms with E-state index in [9.17, 15) is 13.2 Å². The minimum atomic E-state index is -3.81. The summed E-state index contributed by atoms with van der Waals surface area (Å²) in [5.41, 5.74) is 4.14. The maximum absolute atomic E-state index is 13.0. The summed E-state index contributed by atoms with van der Waals surface area (Å²) in [6, 6.07) is 9.36. The van der Waals surface area contributed by atoms with Crippen molar-refractivity contribution in [3.63, 3.8) is 0 Å². The first-order chi connectivity index (χ1) is 19.0. The van der Waals surface area contributed by atoms with Crippen LogP contribution in [0, 0.1) is 0 Å². The molecule has 0 saturated carbocycles. The molecule has 0 atom stereocenters. The Labute approximate surface area is 233 Å². The standard InChI is InChI=1S/C27H32N8O4S/c1-17(2)24-23-21(18-15-28-27(29-16-18)34-9-11-39-12-10-34)14-22(26(36)32-40(5,37)38)30-25(23)35(31-24)20-8-6-7-19(13-20)33(3)4/h6-8,13-17H,9-12H2,1-5H3,(H,32,36). The fourth-order valence-corrected chi connectivity index (χ4v) is 5.02. The second-order valence-electron chi connectivity index (χ2n) is 10.2. The number of carbonyl (C=O) groups is 1. The minimum absolute atomic E-state index is 0.0190. The number of nitrogens with one attached hydrogen (secondary N) is 1. The number of benzene rings is 1. The molecule has 40 heavy (non-hydrogen) atoms. The lowest BCUT2D eigenvalue weighted by Gasteiger charge is -2.26. The molecule has 3 aromatic heterocycles. The molecular weight excluding hydrogens is 532 g/mol. The number of aromatic nitrogens is 5. The predicted molar refractivity (Wildman–Crippen MR) is 154 cm³/mol. The molecule has 0 aliphatic carbocycles. The molecule has 4 heterocycles. The lowest BCUT2D eigenvalue weighted by molar-refractivity contribution is 0.0977. The topological polar surface area (TPSA) is 135 Å². The molecule has 5 rings (SSSR count). The fraction of sp³-hybridized carbons (Fsp3) is 0.370. The summed E-state index contributed by atoms with van der Waals surface area (Å²) in [7, 11) is 0.0837. The number of sulfonamides is 1. The van der Waals surface area contributed by atoms with Gasteiger partial charge in [-0.3, -0.25) is 4.79 Å². The first-order valence-corrected chi connectivity index (χ1v) is 14.8. The summed E-state index contributed by atoms with van der Waals surface area (Å²) in [4.78, 5) is 30.9. The third-order valence-electron chi connectivity index (χ3n) is 6.56. The van der Waals surface area contributed by atoms with Gasteiger partial charge in [-0.25, -0.2) is 32.8 Å². The van der Waals surface area contributed by atoms with Gasteiger partial charge in [0, 0.05) is 56.4 Å². The number of hydrogen-bond donors (Lipinski definition) is 1. The number of pyridine rings is 1. The van der Waals surface area contributed by atoms with Crippen molar-refractivity contribution in [2.24, 2.45) is 0 Å². The molecule has 0 spiro atoms. The lowest BCUT2D eigenvalue weighted by Crippen LogP contribution is -2.37. The summed E-state index contributed by atoms with van der Waals surface area (Å²) in [6.45, 7) is 6.69. The van der Waals surface area contributed by atoms with Crippen LogP contribution in [0.1, 0.15) is 35.9 Å². The largest absolute Gasteiger partial charge is 0.378 e. The van der Waals surface area contributed by atoms with Gasteiger partial charge in [0.25, 0.3) is 5.91 Å². The van der Waals surface area contributed by atoms with Crippen LogP contribution in [0.15, 0.2) is 42.7 Å². The van der Waals surface area contributed by atoms with E-state index in [1.54, 1.807) is 23.1 Å². The number of carbonyl (C=O) groups excluding carboxylic acids is 1. The van der Waals surface area contributed by atoms with Crippen molar-refractivity contribution in [3.8, 4) is 16.8 Å². The van der Waals surface area contributed by atoms with Crippen LogP contribution in [0.25, 0.3) is 27.8 Å². The Kier molecular flexibility index (Phi) is 7.43. The average Bonchev–Trinajstić information content (AvgIpc) is 3.32. The Hall–Kier alpha value is -4.10. The predicted octanol–water partition coefficient (Wildman–Crippen LogP) is 2.59. The molecule has 0 unspecified atom stereocenters. The molecule has 13 heteroatoms. The van der Waals surface area contributed by atoms with E-state index in [2.05, 4.69) is 19.9 Å². The number of nitrogens with zero attached hydrogens (tertiary/aromatic N) is 7. The van der Waals surface area contributed by atoms with Crippen molar-refractivity contribution in [2.45, 2.75) is 19.8 Å². The van der Waals surface area contributed by atoms with Gasteiger partial charge < -0.3 is 14.5 Å². The van der Waals surface area contributed by atoms with Crippen LogP contribution in [-0.4, -0.2) is 85.7 Å². The van der Waals surface area contributed by atoms with Crippen molar-refractivity contribution >= 4 is 38.6 Å². The number of rotatable bonds is 7. The Bertz CT molecular complexity index is 1660. The SMILES string of the molecule is CC(C)c1nn(-c2cccc(N(C)C)c2)c2nc(C(=O)NS(C)(=O)=O)cc(-c3cnc(N4CCOCC4)nc3)c12. The molecule has 210 valence electrons. The van der Waals surface area contributed by atoms with Crippen LogP contribution in [0.4, 0.5) is 11.6 Å². The molecule has 0 bridgehead atoms. The number of fused-ring (bicyclic) bond motifs is 1. The Morgan fingerprint density at radius 2 is 1.80 bits per heavy atom. The van der Waals surface area contributed by atoms with Crippen molar-refractivity contribution in [2.75, 3.05) is 56.5 Å². The van der Waals surface area contributed by atoms with Crippen molar-refractivity contribution in [1.29, 1.82) is 0 Å². The number of morpholine rings is 1. The molecule has 1 saturated heterocycles. The van der Waals surface area contributed by atoms with E-state index in [1.807, 2.05) is 61.8 Å². The highest BCUT2D eigenvalue weighted by Gasteiger charge is 2.25. The molecule has 1 fully saturated rings. The van der Waals surface area contributed by atoms with Gasteiger partial charge in [-0.1, -0.05) is 19.9 Å². The Balaban J connectivity index is 1.73. The molecule has 1 N–H and O–H groups in total. The Morgan fingerprint density at radius 3 is 2.42 bits per heavy atom. The van der Waals surface area contributed by atoms with Gasteiger partial charge >= 0.3 is 0 Å². The number of ether oxygens (including phenoxy) is 1. The van der Waals surface area contributed by atoms with Gasteiger partial charge in [-0.15, -0.1) is 0 Å². The van der Waals surface area contributed by atoms with E-state index in [0.717, 1.165) is 28.7 Å². The smallest absolute Gasteiger partial charge is 0.283 e. The molecule has 4 aromatic rings. The highest BCUT2D eigenvalue weighted by molar-refractivity contribution is 7.89. The van der Waals surface area contributed by atoms with E-state index in [0.29, 0.717) is 49.0 Å². The maximum atomic E-state index is 13.0. The van der Waals surface area contributed by atoms with Crippen LogP contribution in [0.5, 0.6) is 0 Å². The van der Waals surface area contributed by atoms with Crippen LogP contribution < -0.4 is 14.5 Å². The Morgan fingerprint density at radius 1 is 1.10 bits per heavy atom. The van der Waals surface area contributed by atoms with E-state index in [4.69, 9.17) is 9.84 Å². The summed E-state index contributed by atoms with van der Waals surface area (Å²) >= 11 is 0. The first kappa shape index (κ1) is 27.5. The van der Waals surface area contributed by atoms with Crippen molar-refractivity contribution in [3.05, 3.63) is 54.1 Å². The van der Waals surface area contributed by atoms with Crippen LogP contribution in [-0.2, 0) is 14.8 Å². The van der Waals surface area contributed by atoms with E-state index in [-0.39, 0.29) is 11.6 Å². The molecule has 1 amide bonds. The maximum Gasteiger partial charge on any atom is 0.283 e. The molecular formula is C27H32N8O4S. The van der Waals surface area contributed by atoms with Crippen molar-refractivity contribution in [1.82, 2.24) is 29.5 Å². The molecule has 0 radical (unpaired) electrons. The van der Waals surface area contributed by atoms with Crippen LogP contribution >= 0.6 is 0 Å². The van der Waals surface area contributed by atoms with Crippen molar-refractivity contribution < 1.29 is 17.9 Å². The summed E-state index contributed by atoms with van der Waals surface area (Å²) in [5.74, 6) is -0.226. The lowest BCUT2D eigenvalue weighted by atomic mass is 9.99. The summed E-state index contributed by atoms with van der Waals surface area (Å²) in [6.07, 6.45) is 4.34. The molecule has 1 aliphatic heterocycles. The summed E-state index contributed by atoms with van der Waals surface area (Å²) < 4.78 is 32.9. The van der Waals surface area contributed by atoms with Crippen LogP contribution in [0.3, 0.4) is 0 Å². The minimum Gasteiger partial charge on any atom is -0.378 e. The van der Waals surface area contributed by atoms with Crippen LogP contribution in [0.2, 0.25) is 0 Å². The average molecular weight is 565 g/mol. The summed E-state index contributed by atoms with van der Waals surface area (Å²) in [5, 5.41) is 5.67. The van der Waals surface area contributed by atoms with Gasteiger partial charge in [-0.05, 0) is 30.2 Å². The van der Waals surface area contributed by atoms with Gasteiger partial charge in [-0.2, -0.15) is 5.10 Å². The van der Waals surface area contributed by atoms with Gasteiger partial charge in [0.15, 0.2) is 5.65 Å². The quantitative estimate of drug-likeness (QED) is 0.357. The fourth-order valence-electron chi connectivity index (χ4n) is 4.58. The third kappa shape index (κ3) is 5.61. The van der Waals surface area contributed by atoms with Gasteiger partial charge in [0.2, 0.25) is 16.0 Å². The highest BCUT2D eigenvalue weighted by atomic mass is 32.2. The number of amides is 1. The van der Waals surface area contributed by atoms with E-state index in [1.165, 1.54) is 0 Å². The normalized spacial score (nSPS) is 14.1. The van der Waals surface area contributed by atoms with Gasteiger partial charge in [0.05, 0.1) is 36.2 Å². The molecule has 1 aliphatic rings. The monoisotopic (exact) mass is 564 g/mol. The van der Waals surface area contributed by atoms with E-state index >= 15 is 0 Å². The third-order valence-corrected chi connectivity index (χ3v) is 7.11. The zero-order chi connectivity index (χ0) is 28.6. The van der Waals surface area contributed by atoms with Gasteiger partial charge in [0.1, 0.15) is 5.69 Å². The van der Waals surface area contributed by atoms with E-state index < -0.39 is 15.9 Å². The molecule has 12 nitrogen and oxygen atoms in total. The number of anilines is 2. The second kappa shape index (κ2) is 10.8. The first-order valence-electron chi connectivity index (χ1n) is 12.9. The highest BCUT2D eigenvalue weighted by Crippen LogP contribution is 2.35. The zero-order valence-corrected chi connectivity index (χ0v) is 23.9. The molecule has 1 aromatic carbocycles. The zero-order valence-electron chi connectivity index (χ0n) is 23.1.